The van der Waals surface area contributed by atoms with E-state index in [9.17, 15) is 9.59 Å². The minimum Gasteiger partial charge on any atom is -0.484 e. The Labute approximate surface area is 227 Å². The van der Waals surface area contributed by atoms with Gasteiger partial charge in [-0.2, -0.15) is 0 Å². The summed E-state index contributed by atoms with van der Waals surface area (Å²) in [4.78, 5) is 29.4. The summed E-state index contributed by atoms with van der Waals surface area (Å²) in [6.45, 7) is 6.27. The molecule has 0 bridgehead atoms. The Hall–Kier alpha value is -3.60. The van der Waals surface area contributed by atoms with Crippen molar-refractivity contribution in [2.24, 2.45) is 0 Å². The first-order valence-corrected chi connectivity index (χ1v) is 13.8. The van der Waals surface area contributed by atoms with E-state index in [1.807, 2.05) is 81.4 Å². The first-order chi connectivity index (χ1) is 18.4. The van der Waals surface area contributed by atoms with Crippen LogP contribution in [-0.2, 0) is 22.6 Å². The normalized spacial score (nSPS) is 14.5. The fraction of sp³-hybridized carbons (Fsp3) is 0.394. The molecule has 1 fully saturated rings. The zero-order valence-electron chi connectivity index (χ0n) is 22.9. The van der Waals surface area contributed by atoms with Crippen molar-refractivity contribution in [2.75, 3.05) is 6.61 Å². The molecule has 0 heterocycles. The number of rotatable bonds is 10. The van der Waals surface area contributed by atoms with Gasteiger partial charge in [-0.15, -0.1) is 0 Å². The predicted octanol–water partition coefficient (Wildman–Crippen LogP) is 6.08. The molecule has 2 amide bonds. The highest BCUT2D eigenvalue weighted by atomic mass is 16.5. The summed E-state index contributed by atoms with van der Waals surface area (Å²) in [5.74, 6) is 0.371. The van der Waals surface area contributed by atoms with Crippen LogP contribution in [-0.4, -0.2) is 35.4 Å². The third kappa shape index (κ3) is 7.95. The molecule has 0 spiro atoms. The Morgan fingerprint density at radius 3 is 2.21 bits per heavy atom. The smallest absolute Gasteiger partial charge is 0.261 e. The minimum absolute atomic E-state index is 0.0897. The lowest BCUT2D eigenvalue weighted by atomic mass is 9.94. The van der Waals surface area contributed by atoms with Crippen LogP contribution < -0.4 is 10.1 Å². The van der Waals surface area contributed by atoms with E-state index >= 15 is 0 Å². The predicted molar refractivity (Wildman–Crippen MR) is 152 cm³/mol. The third-order valence-corrected chi connectivity index (χ3v) is 7.22. The highest BCUT2D eigenvalue weighted by molar-refractivity contribution is 5.88. The number of hydrogen-bond acceptors (Lipinski definition) is 3. The molecule has 38 heavy (non-hydrogen) atoms. The highest BCUT2D eigenvalue weighted by Crippen LogP contribution is 2.21. The first kappa shape index (κ1) is 27.4. The summed E-state index contributed by atoms with van der Waals surface area (Å²) in [7, 11) is 0. The van der Waals surface area contributed by atoms with Gasteiger partial charge in [-0.3, -0.25) is 9.59 Å². The number of nitrogens with one attached hydrogen (secondary N) is 1. The lowest BCUT2D eigenvalue weighted by Crippen LogP contribution is -2.53. The molecule has 1 saturated carbocycles. The van der Waals surface area contributed by atoms with Crippen LogP contribution in [0.4, 0.5) is 0 Å². The first-order valence-electron chi connectivity index (χ1n) is 13.8. The van der Waals surface area contributed by atoms with Crippen LogP contribution in [0, 0.1) is 20.8 Å². The Balaban J connectivity index is 1.62. The van der Waals surface area contributed by atoms with Gasteiger partial charge in [-0.1, -0.05) is 85.5 Å². The largest absolute Gasteiger partial charge is 0.484 e. The second-order valence-electron chi connectivity index (χ2n) is 10.7. The quantitative estimate of drug-likeness (QED) is 0.358. The van der Waals surface area contributed by atoms with Crippen LogP contribution in [0.15, 0.2) is 72.8 Å². The average molecular weight is 513 g/mol. The fourth-order valence-corrected chi connectivity index (χ4v) is 5.35. The molecular formula is C33H40N2O3. The number of benzene rings is 3. The standard InChI is InChI=1S/C33H40N2O3/c1-24-11-10-14-28(18-24)22-35(32(36)23-38-30-19-25(2)17-26(3)20-30)31(21-27-12-6-4-7-13-27)33(37)34-29-15-8-5-9-16-29/h4,6-7,10-14,17-20,29,31H,5,8-9,15-16,21-23H2,1-3H3,(H,34,37)/t31-/m1/s1. The monoisotopic (exact) mass is 512 g/mol. The molecule has 1 atom stereocenters. The van der Waals surface area contributed by atoms with E-state index < -0.39 is 6.04 Å². The summed E-state index contributed by atoms with van der Waals surface area (Å²) in [6, 6.07) is 23.5. The summed E-state index contributed by atoms with van der Waals surface area (Å²) in [5.41, 5.74) is 5.30. The van der Waals surface area contributed by atoms with Gasteiger partial charge in [0.15, 0.2) is 6.61 Å². The summed E-state index contributed by atoms with van der Waals surface area (Å²) >= 11 is 0. The zero-order valence-corrected chi connectivity index (χ0v) is 22.9. The van der Waals surface area contributed by atoms with Crippen molar-refractivity contribution >= 4 is 11.8 Å². The number of ether oxygens (including phenoxy) is 1. The summed E-state index contributed by atoms with van der Waals surface area (Å²) in [5, 5.41) is 3.29. The van der Waals surface area contributed by atoms with Crippen molar-refractivity contribution in [1.29, 1.82) is 0 Å². The summed E-state index contributed by atoms with van der Waals surface area (Å²) in [6.07, 6.45) is 5.90. The van der Waals surface area contributed by atoms with E-state index in [0.717, 1.165) is 53.5 Å². The molecule has 5 nitrogen and oxygen atoms in total. The third-order valence-electron chi connectivity index (χ3n) is 7.22. The molecule has 0 aromatic heterocycles. The van der Waals surface area contributed by atoms with Gasteiger partial charge in [0, 0.05) is 19.0 Å². The van der Waals surface area contributed by atoms with Crippen LogP contribution in [0.2, 0.25) is 0 Å². The van der Waals surface area contributed by atoms with E-state index in [-0.39, 0.29) is 24.5 Å². The fourth-order valence-electron chi connectivity index (χ4n) is 5.35. The van der Waals surface area contributed by atoms with Crippen molar-refractivity contribution in [3.8, 4) is 5.75 Å². The minimum atomic E-state index is -0.643. The average Bonchev–Trinajstić information content (AvgIpc) is 2.90. The second kappa shape index (κ2) is 13.3. The molecule has 3 aromatic rings. The van der Waals surface area contributed by atoms with Crippen LogP contribution in [0.25, 0.3) is 0 Å². The van der Waals surface area contributed by atoms with Gasteiger partial charge in [0.05, 0.1) is 0 Å². The maximum Gasteiger partial charge on any atom is 0.261 e. The Kier molecular flexibility index (Phi) is 9.58. The van der Waals surface area contributed by atoms with Crippen LogP contribution in [0.5, 0.6) is 5.75 Å². The molecule has 1 N–H and O–H groups in total. The highest BCUT2D eigenvalue weighted by Gasteiger charge is 2.32. The molecule has 0 unspecified atom stereocenters. The molecule has 200 valence electrons. The van der Waals surface area contributed by atoms with E-state index in [1.165, 1.54) is 6.42 Å². The van der Waals surface area contributed by atoms with Gasteiger partial charge in [0.1, 0.15) is 11.8 Å². The number of hydrogen-bond donors (Lipinski definition) is 1. The maximum absolute atomic E-state index is 13.8. The lowest BCUT2D eigenvalue weighted by molar-refractivity contribution is -0.143. The topological polar surface area (TPSA) is 58.6 Å². The van der Waals surface area contributed by atoms with Gasteiger partial charge in [-0.05, 0) is 68.0 Å². The van der Waals surface area contributed by atoms with Crippen molar-refractivity contribution in [3.05, 3.63) is 101 Å². The van der Waals surface area contributed by atoms with E-state index in [1.54, 1.807) is 4.90 Å². The van der Waals surface area contributed by atoms with E-state index in [0.29, 0.717) is 18.7 Å². The molecule has 5 heteroatoms. The van der Waals surface area contributed by atoms with Gasteiger partial charge >= 0.3 is 0 Å². The molecule has 0 radical (unpaired) electrons. The number of carbonyl (C=O) groups excluding carboxylic acids is 2. The van der Waals surface area contributed by atoms with Gasteiger partial charge < -0.3 is 15.0 Å². The Bertz CT molecular complexity index is 1200. The maximum atomic E-state index is 13.8. The molecular weight excluding hydrogens is 472 g/mol. The van der Waals surface area contributed by atoms with Crippen molar-refractivity contribution in [1.82, 2.24) is 10.2 Å². The van der Waals surface area contributed by atoms with Crippen molar-refractivity contribution in [2.45, 2.75) is 77.9 Å². The number of carbonyl (C=O) groups is 2. The zero-order chi connectivity index (χ0) is 26.9. The van der Waals surface area contributed by atoms with E-state index in [4.69, 9.17) is 4.74 Å². The number of nitrogens with zero attached hydrogens (tertiary/aromatic N) is 1. The second-order valence-corrected chi connectivity index (χ2v) is 10.7. The Morgan fingerprint density at radius 2 is 1.53 bits per heavy atom. The Morgan fingerprint density at radius 1 is 0.842 bits per heavy atom. The lowest BCUT2D eigenvalue weighted by Gasteiger charge is -2.33. The van der Waals surface area contributed by atoms with Crippen molar-refractivity contribution in [3.63, 3.8) is 0 Å². The van der Waals surface area contributed by atoms with Crippen LogP contribution in [0.3, 0.4) is 0 Å². The summed E-state index contributed by atoms with van der Waals surface area (Å²) < 4.78 is 5.98. The molecule has 0 aliphatic heterocycles. The van der Waals surface area contributed by atoms with Gasteiger partial charge in [-0.25, -0.2) is 0 Å². The van der Waals surface area contributed by atoms with Crippen LogP contribution >= 0.6 is 0 Å². The molecule has 1 aliphatic rings. The number of aryl methyl sites for hydroxylation is 3. The number of amides is 2. The van der Waals surface area contributed by atoms with Gasteiger partial charge in [0.25, 0.3) is 5.91 Å². The molecule has 0 saturated heterocycles. The van der Waals surface area contributed by atoms with Crippen LogP contribution in [0.1, 0.15) is 59.9 Å². The molecule has 4 rings (SSSR count). The molecule has 3 aromatic carbocycles. The van der Waals surface area contributed by atoms with Gasteiger partial charge in [0.2, 0.25) is 5.91 Å². The SMILES string of the molecule is Cc1cccc(CN(C(=O)COc2cc(C)cc(C)c2)[C@H](Cc2ccccc2)C(=O)NC2CCCCC2)c1. The van der Waals surface area contributed by atoms with E-state index in [2.05, 4.69) is 17.4 Å². The molecule has 1 aliphatic carbocycles. The van der Waals surface area contributed by atoms with Crippen molar-refractivity contribution < 1.29 is 14.3 Å².